The van der Waals surface area contributed by atoms with Gasteiger partial charge >= 0.3 is 0 Å². The number of rotatable bonds is 5. The molecule has 7 heteroatoms. The molecule has 1 N–H and O–H groups in total. The fourth-order valence-corrected chi connectivity index (χ4v) is 4.55. The molecule has 0 radical (unpaired) electrons. The molecule has 1 aromatic carbocycles. The van der Waals surface area contributed by atoms with E-state index in [4.69, 9.17) is 4.98 Å². The molecule has 1 atom stereocenters. The van der Waals surface area contributed by atoms with Gasteiger partial charge in [0.1, 0.15) is 0 Å². The van der Waals surface area contributed by atoms with Gasteiger partial charge in [-0.05, 0) is 5.56 Å². The Hall–Kier alpha value is -1.73. The molecule has 0 saturated carbocycles. The third kappa shape index (κ3) is 3.67. The number of thioether (sulfide) groups is 2. The largest absolute Gasteiger partial charge is 0.358 e. The van der Waals surface area contributed by atoms with Crippen LogP contribution in [0.1, 0.15) is 18.2 Å². The summed E-state index contributed by atoms with van der Waals surface area (Å²) in [7, 11) is 1.61. The Morgan fingerprint density at radius 1 is 1.42 bits per heavy atom. The van der Waals surface area contributed by atoms with Gasteiger partial charge in [-0.25, -0.2) is 4.98 Å². The zero-order chi connectivity index (χ0) is 17.1. The highest BCUT2D eigenvalue weighted by Gasteiger charge is 2.26. The van der Waals surface area contributed by atoms with E-state index in [0.717, 1.165) is 22.6 Å². The molecule has 0 aliphatic carbocycles. The van der Waals surface area contributed by atoms with Crippen molar-refractivity contribution >= 4 is 29.4 Å². The molecule has 1 amide bonds. The molecule has 24 heavy (non-hydrogen) atoms. The van der Waals surface area contributed by atoms with E-state index in [9.17, 15) is 9.59 Å². The van der Waals surface area contributed by atoms with Gasteiger partial charge in [0.2, 0.25) is 5.91 Å². The molecule has 0 saturated heterocycles. The van der Waals surface area contributed by atoms with E-state index in [1.54, 1.807) is 23.4 Å². The van der Waals surface area contributed by atoms with E-state index in [-0.39, 0.29) is 17.2 Å². The number of benzene rings is 1. The minimum absolute atomic E-state index is 0.00221. The minimum atomic E-state index is -0.0799. The molecule has 126 valence electrons. The highest BCUT2D eigenvalue weighted by molar-refractivity contribution is 8.00. The summed E-state index contributed by atoms with van der Waals surface area (Å²) in [5.41, 5.74) is 1.90. The maximum atomic E-state index is 12.9. The molecular formula is C17H19N3O2S2. The van der Waals surface area contributed by atoms with Gasteiger partial charge in [0, 0.05) is 18.7 Å². The fraction of sp³-hybridized carbons (Fsp3) is 0.353. The highest BCUT2D eigenvalue weighted by atomic mass is 32.2. The standard InChI is InChI=1S/C17H19N3O2S2/c1-11-8-13-15(24-11)16(22)20(9-12-6-4-3-5-7-12)17(19-13)23-10-14(21)18-2/h3-7,11H,8-10H2,1-2H3,(H,18,21). The van der Waals surface area contributed by atoms with Crippen LogP contribution in [0.3, 0.4) is 0 Å². The lowest BCUT2D eigenvalue weighted by molar-refractivity contribution is -0.118. The lowest BCUT2D eigenvalue weighted by Gasteiger charge is -2.13. The van der Waals surface area contributed by atoms with Gasteiger partial charge in [0.15, 0.2) is 5.16 Å². The first-order valence-electron chi connectivity index (χ1n) is 7.76. The van der Waals surface area contributed by atoms with Crippen LogP contribution >= 0.6 is 23.5 Å². The topological polar surface area (TPSA) is 64.0 Å². The number of aromatic nitrogens is 2. The van der Waals surface area contributed by atoms with Crippen molar-refractivity contribution in [2.24, 2.45) is 0 Å². The average Bonchev–Trinajstić information content (AvgIpc) is 2.97. The molecule has 0 bridgehead atoms. The maximum Gasteiger partial charge on any atom is 0.268 e. The number of hydrogen-bond donors (Lipinski definition) is 1. The molecule has 3 rings (SSSR count). The second-order valence-corrected chi connectivity index (χ2v) is 8.03. The van der Waals surface area contributed by atoms with Crippen LogP contribution in [0.2, 0.25) is 0 Å². The van der Waals surface area contributed by atoms with Gasteiger partial charge in [0.05, 0.1) is 22.9 Å². The van der Waals surface area contributed by atoms with Crippen molar-refractivity contribution in [3.8, 4) is 0 Å². The van der Waals surface area contributed by atoms with Crippen LogP contribution in [-0.2, 0) is 17.8 Å². The first-order valence-corrected chi connectivity index (χ1v) is 9.62. The Labute approximate surface area is 149 Å². The van der Waals surface area contributed by atoms with E-state index >= 15 is 0 Å². The Bertz CT molecular complexity index is 805. The van der Waals surface area contributed by atoms with Crippen molar-refractivity contribution in [3.63, 3.8) is 0 Å². The normalized spacial score (nSPS) is 16.0. The number of carbonyl (C=O) groups is 1. The Morgan fingerprint density at radius 2 is 2.17 bits per heavy atom. The van der Waals surface area contributed by atoms with Gasteiger partial charge in [-0.2, -0.15) is 0 Å². The van der Waals surface area contributed by atoms with Crippen LogP contribution < -0.4 is 10.9 Å². The van der Waals surface area contributed by atoms with Crippen molar-refractivity contribution in [2.75, 3.05) is 12.8 Å². The summed E-state index contributed by atoms with van der Waals surface area (Å²) in [5.74, 6) is 0.169. The first kappa shape index (κ1) is 17.1. The molecule has 5 nitrogen and oxygen atoms in total. The van der Waals surface area contributed by atoms with Crippen molar-refractivity contribution in [2.45, 2.75) is 35.2 Å². The predicted molar refractivity (Wildman–Crippen MR) is 97.9 cm³/mol. The van der Waals surface area contributed by atoms with Gasteiger partial charge < -0.3 is 5.32 Å². The molecule has 1 aliphatic heterocycles. The quantitative estimate of drug-likeness (QED) is 0.653. The molecule has 2 aromatic rings. The van der Waals surface area contributed by atoms with Crippen LogP contribution in [0.5, 0.6) is 0 Å². The van der Waals surface area contributed by atoms with Crippen LogP contribution in [-0.4, -0.2) is 33.5 Å². The van der Waals surface area contributed by atoms with E-state index in [1.807, 2.05) is 30.3 Å². The van der Waals surface area contributed by atoms with Gasteiger partial charge in [0.25, 0.3) is 5.56 Å². The number of fused-ring (bicyclic) bond motifs is 1. The summed E-state index contributed by atoms with van der Waals surface area (Å²) in [4.78, 5) is 30.0. The second kappa shape index (κ2) is 7.44. The van der Waals surface area contributed by atoms with Crippen molar-refractivity contribution < 1.29 is 4.79 Å². The molecular weight excluding hydrogens is 342 g/mol. The third-order valence-corrected chi connectivity index (χ3v) is 5.95. The van der Waals surface area contributed by atoms with E-state index in [1.165, 1.54) is 11.8 Å². The summed E-state index contributed by atoms with van der Waals surface area (Å²) in [6, 6.07) is 9.84. The first-order chi connectivity index (χ1) is 11.6. The molecule has 1 aliphatic rings. The molecule has 1 unspecified atom stereocenters. The van der Waals surface area contributed by atoms with Crippen LogP contribution in [0.15, 0.2) is 45.2 Å². The Kier molecular flexibility index (Phi) is 5.30. The number of hydrogen-bond acceptors (Lipinski definition) is 5. The smallest absolute Gasteiger partial charge is 0.268 e. The zero-order valence-electron chi connectivity index (χ0n) is 13.6. The Morgan fingerprint density at radius 3 is 2.88 bits per heavy atom. The SMILES string of the molecule is CNC(=O)CSc1nc2c(c(=O)n1Cc1ccccc1)SC(C)C2. The van der Waals surface area contributed by atoms with Crippen molar-refractivity contribution in [3.05, 3.63) is 51.9 Å². The van der Waals surface area contributed by atoms with Crippen LogP contribution in [0, 0.1) is 0 Å². The maximum absolute atomic E-state index is 12.9. The number of nitrogens with one attached hydrogen (secondary N) is 1. The molecule has 0 fully saturated rings. The fourth-order valence-electron chi connectivity index (χ4n) is 2.55. The molecule has 1 aromatic heterocycles. The van der Waals surface area contributed by atoms with Crippen molar-refractivity contribution in [1.29, 1.82) is 0 Å². The second-order valence-electron chi connectivity index (χ2n) is 5.64. The van der Waals surface area contributed by atoms with E-state index < -0.39 is 0 Å². The summed E-state index contributed by atoms with van der Waals surface area (Å²) in [5, 5.41) is 3.58. The molecule has 2 heterocycles. The number of amides is 1. The van der Waals surface area contributed by atoms with Crippen LogP contribution in [0.25, 0.3) is 0 Å². The third-order valence-electron chi connectivity index (χ3n) is 3.76. The summed E-state index contributed by atoms with van der Waals surface area (Å²) < 4.78 is 1.69. The summed E-state index contributed by atoms with van der Waals surface area (Å²) in [6.45, 7) is 2.57. The van der Waals surface area contributed by atoms with Gasteiger partial charge in [-0.3, -0.25) is 14.2 Å². The van der Waals surface area contributed by atoms with E-state index in [0.29, 0.717) is 17.0 Å². The van der Waals surface area contributed by atoms with Gasteiger partial charge in [-0.15, -0.1) is 11.8 Å². The molecule has 0 spiro atoms. The monoisotopic (exact) mass is 361 g/mol. The number of nitrogens with zero attached hydrogens (tertiary/aromatic N) is 2. The van der Waals surface area contributed by atoms with Crippen molar-refractivity contribution in [1.82, 2.24) is 14.9 Å². The van der Waals surface area contributed by atoms with Crippen LogP contribution in [0.4, 0.5) is 0 Å². The lowest BCUT2D eigenvalue weighted by atomic mass is 10.2. The van der Waals surface area contributed by atoms with E-state index in [2.05, 4.69) is 12.2 Å². The Balaban J connectivity index is 1.99. The van der Waals surface area contributed by atoms with Gasteiger partial charge in [-0.1, -0.05) is 49.0 Å². The zero-order valence-corrected chi connectivity index (χ0v) is 15.2. The summed E-state index contributed by atoms with van der Waals surface area (Å²) in [6.07, 6.45) is 0.801. The predicted octanol–water partition coefficient (Wildman–Crippen LogP) is 2.17. The lowest BCUT2D eigenvalue weighted by Crippen LogP contribution is -2.27. The summed E-state index contributed by atoms with van der Waals surface area (Å²) >= 11 is 2.91. The number of carbonyl (C=O) groups excluding carboxylic acids is 1. The minimum Gasteiger partial charge on any atom is -0.358 e. The average molecular weight is 361 g/mol. The highest BCUT2D eigenvalue weighted by Crippen LogP contribution is 2.34.